The van der Waals surface area contributed by atoms with Gasteiger partial charge in [-0.3, -0.25) is 0 Å². The number of benzene rings is 1. The third-order valence-corrected chi connectivity index (χ3v) is 2.96. The third-order valence-electron chi connectivity index (χ3n) is 2.96. The van der Waals surface area contributed by atoms with Gasteiger partial charge >= 0.3 is 0 Å². The Kier molecular flexibility index (Phi) is 3.06. The van der Waals surface area contributed by atoms with E-state index >= 15 is 0 Å². The van der Waals surface area contributed by atoms with E-state index in [0.29, 0.717) is 18.0 Å². The minimum atomic E-state index is -0.00900. The number of aliphatic hydroxyl groups excluding tert-OH is 1. The van der Waals surface area contributed by atoms with Crippen LogP contribution < -0.4 is 15.2 Å². The van der Waals surface area contributed by atoms with Gasteiger partial charge in [-0.1, -0.05) is 5.21 Å². The summed E-state index contributed by atoms with van der Waals surface area (Å²) in [4.78, 5) is 0. The first-order valence-electron chi connectivity index (χ1n) is 5.97. The summed E-state index contributed by atoms with van der Waals surface area (Å²) < 4.78 is 12.3. The quantitative estimate of drug-likeness (QED) is 0.813. The van der Waals surface area contributed by atoms with Gasteiger partial charge in [-0.2, -0.15) is 0 Å². The van der Waals surface area contributed by atoms with E-state index in [4.69, 9.17) is 20.3 Å². The highest BCUT2D eigenvalue weighted by atomic mass is 16.7. The number of aromatic nitrogens is 3. The zero-order chi connectivity index (χ0) is 13.2. The average Bonchev–Trinajstić information content (AvgIpc) is 3.04. The van der Waals surface area contributed by atoms with Gasteiger partial charge in [0.25, 0.3) is 0 Å². The summed E-state index contributed by atoms with van der Waals surface area (Å²) in [6, 6.07) is 5.61. The number of hydrogen-bond acceptors (Lipinski definition) is 6. The molecule has 19 heavy (non-hydrogen) atoms. The molecule has 7 heteroatoms. The van der Waals surface area contributed by atoms with E-state index < -0.39 is 0 Å². The molecule has 7 nitrogen and oxygen atoms in total. The van der Waals surface area contributed by atoms with Crippen LogP contribution in [0, 0.1) is 0 Å². The molecule has 0 saturated carbocycles. The van der Waals surface area contributed by atoms with E-state index in [1.807, 2.05) is 18.2 Å². The molecule has 1 aliphatic rings. The van der Waals surface area contributed by atoms with Crippen LogP contribution in [0.2, 0.25) is 0 Å². The average molecular weight is 262 g/mol. The predicted octanol–water partition coefficient (Wildman–Crippen LogP) is 0.125. The molecule has 0 bridgehead atoms. The second-order valence-electron chi connectivity index (χ2n) is 4.10. The lowest BCUT2D eigenvalue weighted by Gasteiger charge is -2.07. The summed E-state index contributed by atoms with van der Waals surface area (Å²) in [5, 5.41) is 17.1. The van der Waals surface area contributed by atoms with Gasteiger partial charge in [-0.05, 0) is 18.2 Å². The SMILES string of the molecule is NCc1nnn(CCO)c1-c1ccc2c(c1)OCO2. The molecule has 0 atom stereocenters. The highest BCUT2D eigenvalue weighted by Crippen LogP contribution is 2.36. The summed E-state index contributed by atoms with van der Waals surface area (Å²) in [6.07, 6.45) is 0. The highest BCUT2D eigenvalue weighted by molar-refractivity contribution is 5.66. The van der Waals surface area contributed by atoms with Crippen LogP contribution in [-0.2, 0) is 13.1 Å². The Labute approximate surface area is 109 Å². The summed E-state index contributed by atoms with van der Waals surface area (Å²) in [5.41, 5.74) is 8.06. The summed E-state index contributed by atoms with van der Waals surface area (Å²) in [6.45, 7) is 0.883. The van der Waals surface area contributed by atoms with Crippen molar-refractivity contribution in [1.29, 1.82) is 0 Å². The normalized spacial score (nSPS) is 12.9. The topological polar surface area (TPSA) is 95.4 Å². The smallest absolute Gasteiger partial charge is 0.231 e. The first kappa shape index (κ1) is 11.9. The molecule has 0 unspecified atom stereocenters. The first-order chi connectivity index (χ1) is 9.33. The van der Waals surface area contributed by atoms with Crippen LogP contribution in [0.15, 0.2) is 18.2 Å². The minimum absolute atomic E-state index is 0.00900. The minimum Gasteiger partial charge on any atom is -0.454 e. The van der Waals surface area contributed by atoms with Crippen molar-refractivity contribution in [3.8, 4) is 22.8 Å². The molecule has 1 aromatic heterocycles. The Morgan fingerprint density at radius 1 is 1.32 bits per heavy atom. The molecule has 1 aromatic carbocycles. The molecule has 3 rings (SSSR count). The Balaban J connectivity index is 2.07. The second-order valence-corrected chi connectivity index (χ2v) is 4.10. The zero-order valence-corrected chi connectivity index (χ0v) is 10.2. The van der Waals surface area contributed by atoms with Crippen LogP contribution in [0.5, 0.6) is 11.5 Å². The maximum atomic E-state index is 9.06. The fourth-order valence-corrected chi connectivity index (χ4v) is 2.10. The van der Waals surface area contributed by atoms with Gasteiger partial charge in [0.15, 0.2) is 11.5 Å². The van der Waals surface area contributed by atoms with Gasteiger partial charge in [0.2, 0.25) is 6.79 Å². The number of hydrogen-bond donors (Lipinski definition) is 2. The van der Waals surface area contributed by atoms with Crippen LogP contribution >= 0.6 is 0 Å². The van der Waals surface area contributed by atoms with E-state index in [2.05, 4.69) is 10.3 Å². The lowest BCUT2D eigenvalue weighted by molar-refractivity contribution is 0.174. The molecule has 0 spiro atoms. The molecular weight excluding hydrogens is 248 g/mol. The van der Waals surface area contributed by atoms with E-state index in [1.165, 1.54) is 0 Å². The van der Waals surface area contributed by atoms with Crippen LogP contribution in [0.1, 0.15) is 5.69 Å². The lowest BCUT2D eigenvalue weighted by atomic mass is 10.1. The number of ether oxygens (including phenoxy) is 2. The number of fused-ring (bicyclic) bond motifs is 1. The van der Waals surface area contributed by atoms with Gasteiger partial charge in [0, 0.05) is 12.1 Å². The van der Waals surface area contributed by atoms with Crippen molar-refractivity contribution in [2.75, 3.05) is 13.4 Å². The number of rotatable bonds is 4. The van der Waals surface area contributed by atoms with Gasteiger partial charge in [0.05, 0.1) is 18.8 Å². The molecule has 3 N–H and O–H groups in total. The summed E-state index contributed by atoms with van der Waals surface area (Å²) >= 11 is 0. The molecule has 2 heterocycles. The molecule has 0 aliphatic carbocycles. The Bertz CT molecular complexity index is 597. The van der Waals surface area contributed by atoms with Crippen molar-refractivity contribution < 1.29 is 14.6 Å². The molecule has 0 saturated heterocycles. The van der Waals surface area contributed by atoms with Crippen LogP contribution in [0.25, 0.3) is 11.3 Å². The van der Waals surface area contributed by atoms with E-state index in [0.717, 1.165) is 17.0 Å². The predicted molar refractivity (Wildman–Crippen MR) is 66.6 cm³/mol. The second kappa shape index (κ2) is 4.87. The molecule has 0 radical (unpaired) electrons. The summed E-state index contributed by atoms with van der Waals surface area (Å²) in [5.74, 6) is 1.41. The number of nitrogens with zero attached hydrogens (tertiary/aromatic N) is 3. The molecule has 100 valence electrons. The standard InChI is InChI=1S/C12H14N4O3/c13-6-9-12(16(3-4-17)15-14-9)8-1-2-10-11(5-8)19-7-18-10/h1-2,5,17H,3-4,6-7,13H2. The van der Waals surface area contributed by atoms with Gasteiger partial charge in [0.1, 0.15) is 5.69 Å². The fourth-order valence-electron chi connectivity index (χ4n) is 2.10. The van der Waals surface area contributed by atoms with E-state index in [1.54, 1.807) is 4.68 Å². The van der Waals surface area contributed by atoms with Gasteiger partial charge < -0.3 is 20.3 Å². The monoisotopic (exact) mass is 262 g/mol. The maximum Gasteiger partial charge on any atom is 0.231 e. The van der Waals surface area contributed by atoms with Crippen molar-refractivity contribution in [1.82, 2.24) is 15.0 Å². The maximum absolute atomic E-state index is 9.06. The van der Waals surface area contributed by atoms with E-state index in [9.17, 15) is 0 Å². The molecule has 2 aromatic rings. The first-order valence-corrected chi connectivity index (χ1v) is 5.97. The van der Waals surface area contributed by atoms with Crippen LogP contribution in [0.3, 0.4) is 0 Å². The Morgan fingerprint density at radius 3 is 2.95 bits per heavy atom. The molecular formula is C12H14N4O3. The van der Waals surface area contributed by atoms with Crippen molar-refractivity contribution in [3.05, 3.63) is 23.9 Å². The van der Waals surface area contributed by atoms with Gasteiger partial charge in [-0.25, -0.2) is 4.68 Å². The number of aliphatic hydroxyl groups is 1. The molecule has 0 fully saturated rings. The fraction of sp³-hybridized carbons (Fsp3) is 0.333. The largest absolute Gasteiger partial charge is 0.454 e. The molecule has 0 amide bonds. The van der Waals surface area contributed by atoms with Crippen LogP contribution in [0.4, 0.5) is 0 Å². The van der Waals surface area contributed by atoms with E-state index in [-0.39, 0.29) is 19.9 Å². The summed E-state index contributed by atoms with van der Waals surface area (Å²) in [7, 11) is 0. The molecule has 1 aliphatic heterocycles. The Morgan fingerprint density at radius 2 is 2.16 bits per heavy atom. The third kappa shape index (κ3) is 2.02. The van der Waals surface area contributed by atoms with Crippen molar-refractivity contribution in [2.24, 2.45) is 5.73 Å². The number of nitrogens with two attached hydrogens (primary N) is 1. The van der Waals surface area contributed by atoms with Crippen molar-refractivity contribution in [2.45, 2.75) is 13.1 Å². The lowest BCUT2D eigenvalue weighted by Crippen LogP contribution is -2.07. The van der Waals surface area contributed by atoms with Crippen molar-refractivity contribution in [3.63, 3.8) is 0 Å². The van der Waals surface area contributed by atoms with Gasteiger partial charge in [-0.15, -0.1) is 5.10 Å². The zero-order valence-electron chi connectivity index (χ0n) is 10.2. The highest BCUT2D eigenvalue weighted by Gasteiger charge is 2.18. The van der Waals surface area contributed by atoms with Crippen LogP contribution in [-0.4, -0.2) is 33.5 Å². The van der Waals surface area contributed by atoms with Crippen molar-refractivity contribution >= 4 is 0 Å². The Hall–Kier alpha value is -2.12.